The van der Waals surface area contributed by atoms with E-state index in [-0.39, 0.29) is 30.9 Å². The maximum Gasteiger partial charge on any atom is 0.328 e. The Labute approximate surface area is 123 Å². The van der Waals surface area contributed by atoms with Gasteiger partial charge in [0, 0.05) is 5.56 Å². The molecule has 0 aliphatic carbocycles. The highest BCUT2D eigenvalue weighted by Gasteiger charge is 2.42. The molecule has 0 radical (unpaired) electrons. The van der Waals surface area contributed by atoms with Crippen LogP contribution in [0, 0.1) is 0 Å². The molecule has 0 bridgehead atoms. The number of carbonyl (C=O) groups is 2. The number of nitrogens with two attached hydrogens (primary N) is 1. The molecule has 114 valence electrons. The Bertz CT molecular complexity index is 532. The van der Waals surface area contributed by atoms with E-state index in [1.165, 1.54) is 4.90 Å². The molecular formula is C15H20N2O4. The molecule has 1 aliphatic heterocycles. The molecule has 0 unspecified atom stereocenters. The zero-order valence-corrected chi connectivity index (χ0v) is 12.0. The van der Waals surface area contributed by atoms with E-state index in [1.807, 2.05) is 0 Å². The van der Waals surface area contributed by atoms with Gasteiger partial charge in [0.25, 0.3) is 0 Å². The van der Waals surface area contributed by atoms with Crippen molar-refractivity contribution in [1.29, 1.82) is 0 Å². The van der Waals surface area contributed by atoms with Gasteiger partial charge in [-0.2, -0.15) is 0 Å². The van der Waals surface area contributed by atoms with Crippen molar-refractivity contribution in [3.05, 3.63) is 29.8 Å². The highest BCUT2D eigenvalue weighted by Crippen LogP contribution is 2.39. The fourth-order valence-electron chi connectivity index (χ4n) is 2.81. The van der Waals surface area contributed by atoms with E-state index >= 15 is 0 Å². The molecule has 1 fully saturated rings. The summed E-state index contributed by atoms with van der Waals surface area (Å²) in [6.45, 7) is 1.81. The molecule has 6 heteroatoms. The Hall–Kier alpha value is -2.08. The number of hydrogen-bond donors (Lipinski definition) is 2. The lowest BCUT2D eigenvalue weighted by Crippen LogP contribution is -2.45. The minimum absolute atomic E-state index is 0.113. The van der Waals surface area contributed by atoms with Gasteiger partial charge in [0.15, 0.2) is 0 Å². The Morgan fingerprint density at radius 2 is 2.10 bits per heavy atom. The predicted molar refractivity (Wildman–Crippen MR) is 76.4 cm³/mol. The molecule has 21 heavy (non-hydrogen) atoms. The zero-order valence-electron chi connectivity index (χ0n) is 12.0. The normalized spacial score (nSPS) is 21.3. The molecule has 0 spiro atoms. The molecule has 1 amide bonds. The third-order valence-electron chi connectivity index (χ3n) is 3.70. The Kier molecular flexibility index (Phi) is 4.80. The minimum atomic E-state index is -0.634. The SMILES string of the molecule is CCOC(=O)[C@@H]1CC[C@H](c2ccccc2O)N1C(=O)CN. The quantitative estimate of drug-likeness (QED) is 0.806. The average Bonchev–Trinajstić information content (AvgIpc) is 2.92. The van der Waals surface area contributed by atoms with Crippen LogP contribution in [0.25, 0.3) is 0 Å². The van der Waals surface area contributed by atoms with Crippen LogP contribution in [0.3, 0.4) is 0 Å². The molecule has 1 aliphatic rings. The van der Waals surface area contributed by atoms with Crippen LogP contribution >= 0.6 is 0 Å². The molecule has 2 atom stereocenters. The molecular weight excluding hydrogens is 272 g/mol. The molecule has 1 aromatic rings. The molecule has 1 aromatic carbocycles. The number of para-hydroxylation sites is 1. The summed E-state index contributed by atoms with van der Waals surface area (Å²) in [7, 11) is 0. The van der Waals surface area contributed by atoms with E-state index in [1.54, 1.807) is 31.2 Å². The van der Waals surface area contributed by atoms with Crippen LogP contribution < -0.4 is 5.73 Å². The number of phenolic OH excluding ortho intramolecular Hbond substituents is 1. The number of esters is 1. The molecule has 0 aromatic heterocycles. The van der Waals surface area contributed by atoms with Crippen molar-refractivity contribution < 1.29 is 19.4 Å². The highest BCUT2D eigenvalue weighted by atomic mass is 16.5. The summed E-state index contributed by atoms with van der Waals surface area (Å²) >= 11 is 0. The number of hydrogen-bond acceptors (Lipinski definition) is 5. The number of likely N-dealkylation sites (tertiary alicyclic amines) is 1. The summed E-state index contributed by atoms with van der Waals surface area (Å²) in [4.78, 5) is 25.6. The summed E-state index contributed by atoms with van der Waals surface area (Å²) < 4.78 is 5.03. The fraction of sp³-hybridized carbons (Fsp3) is 0.467. The van der Waals surface area contributed by atoms with Crippen molar-refractivity contribution in [3.8, 4) is 5.75 Å². The van der Waals surface area contributed by atoms with E-state index in [0.29, 0.717) is 18.4 Å². The number of phenols is 1. The largest absolute Gasteiger partial charge is 0.508 e. The van der Waals surface area contributed by atoms with Crippen molar-refractivity contribution in [3.63, 3.8) is 0 Å². The second-order valence-electron chi connectivity index (χ2n) is 4.92. The molecule has 3 N–H and O–H groups in total. The first-order chi connectivity index (χ1) is 10.1. The number of rotatable bonds is 4. The van der Waals surface area contributed by atoms with Gasteiger partial charge in [-0.05, 0) is 25.8 Å². The lowest BCUT2D eigenvalue weighted by molar-refractivity contribution is -0.153. The maximum absolute atomic E-state index is 12.1. The summed E-state index contributed by atoms with van der Waals surface area (Å²) in [6, 6.07) is 5.84. The van der Waals surface area contributed by atoms with Crippen molar-refractivity contribution in [1.82, 2.24) is 4.90 Å². The van der Waals surface area contributed by atoms with Gasteiger partial charge >= 0.3 is 5.97 Å². The van der Waals surface area contributed by atoms with E-state index in [4.69, 9.17) is 10.5 Å². The van der Waals surface area contributed by atoms with E-state index in [2.05, 4.69) is 0 Å². The van der Waals surface area contributed by atoms with Gasteiger partial charge in [0.1, 0.15) is 11.8 Å². The number of carbonyl (C=O) groups excluding carboxylic acids is 2. The Morgan fingerprint density at radius 1 is 1.38 bits per heavy atom. The number of amides is 1. The highest BCUT2D eigenvalue weighted by molar-refractivity contribution is 5.86. The molecule has 1 heterocycles. The lowest BCUT2D eigenvalue weighted by Gasteiger charge is -2.29. The second kappa shape index (κ2) is 6.58. The van der Waals surface area contributed by atoms with Crippen LogP contribution in [0.5, 0.6) is 5.75 Å². The van der Waals surface area contributed by atoms with Crippen LogP contribution in [-0.2, 0) is 14.3 Å². The summed E-state index contributed by atoms with van der Waals surface area (Å²) in [5, 5.41) is 9.99. The molecule has 2 rings (SSSR count). The second-order valence-corrected chi connectivity index (χ2v) is 4.92. The van der Waals surface area contributed by atoms with Crippen molar-refractivity contribution in [2.45, 2.75) is 31.8 Å². The van der Waals surface area contributed by atoms with Gasteiger partial charge in [-0.15, -0.1) is 0 Å². The van der Waals surface area contributed by atoms with Gasteiger partial charge in [0.05, 0.1) is 19.2 Å². The standard InChI is InChI=1S/C15H20N2O4/c1-2-21-15(20)12-8-7-11(17(12)14(19)9-16)10-5-3-4-6-13(10)18/h3-6,11-12,18H,2,7-9,16H2,1H3/t11-,12+/m1/s1. The Balaban J connectivity index is 2.32. The predicted octanol–water partition coefficient (Wildman–Crippen LogP) is 0.946. The van der Waals surface area contributed by atoms with Crippen LogP contribution in [0.1, 0.15) is 31.4 Å². The summed E-state index contributed by atoms with van der Waals surface area (Å²) in [5.74, 6) is -0.627. The van der Waals surface area contributed by atoms with Crippen LogP contribution in [0.2, 0.25) is 0 Å². The first-order valence-corrected chi connectivity index (χ1v) is 7.05. The molecule has 0 saturated carbocycles. The summed E-state index contributed by atoms with van der Waals surface area (Å²) in [6.07, 6.45) is 1.09. The number of aromatic hydroxyl groups is 1. The fourth-order valence-corrected chi connectivity index (χ4v) is 2.81. The van der Waals surface area contributed by atoms with Gasteiger partial charge in [0.2, 0.25) is 5.91 Å². The van der Waals surface area contributed by atoms with Crippen molar-refractivity contribution >= 4 is 11.9 Å². The Morgan fingerprint density at radius 3 is 2.71 bits per heavy atom. The van der Waals surface area contributed by atoms with Crippen LogP contribution in [0.4, 0.5) is 0 Å². The number of nitrogens with zero attached hydrogens (tertiary/aromatic N) is 1. The molecule has 1 saturated heterocycles. The van der Waals surface area contributed by atoms with Crippen LogP contribution in [-0.4, -0.2) is 41.1 Å². The smallest absolute Gasteiger partial charge is 0.328 e. The topological polar surface area (TPSA) is 92.9 Å². The van der Waals surface area contributed by atoms with Gasteiger partial charge in [-0.25, -0.2) is 4.79 Å². The monoisotopic (exact) mass is 292 g/mol. The van der Waals surface area contributed by atoms with Gasteiger partial charge < -0.3 is 20.5 Å². The average molecular weight is 292 g/mol. The lowest BCUT2D eigenvalue weighted by atomic mass is 10.0. The van der Waals surface area contributed by atoms with E-state index < -0.39 is 12.0 Å². The first-order valence-electron chi connectivity index (χ1n) is 7.05. The maximum atomic E-state index is 12.1. The van der Waals surface area contributed by atoms with E-state index in [0.717, 1.165) is 0 Å². The van der Waals surface area contributed by atoms with E-state index in [9.17, 15) is 14.7 Å². The summed E-state index contributed by atoms with van der Waals surface area (Å²) in [5.41, 5.74) is 6.09. The van der Waals surface area contributed by atoms with Crippen molar-refractivity contribution in [2.24, 2.45) is 5.73 Å². The van der Waals surface area contributed by atoms with Gasteiger partial charge in [-0.3, -0.25) is 4.79 Å². The van der Waals surface area contributed by atoms with Crippen LogP contribution in [0.15, 0.2) is 24.3 Å². The number of ether oxygens (including phenoxy) is 1. The first kappa shape index (κ1) is 15.3. The molecule has 6 nitrogen and oxygen atoms in total. The van der Waals surface area contributed by atoms with Gasteiger partial charge in [-0.1, -0.05) is 18.2 Å². The zero-order chi connectivity index (χ0) is 15.4. The van der Waals surface area contributed by atoms with Crippen molar-refractivity contribution in [2.75, 3.05) is 13.2 Å². The minimum Gasteiger partial charge on any atom is -0.508 e. The number of benzene rings is 1. The third kappa shape index (κ3) is 3.00. The third-order valence-corrected chi connectivity index (χ3v) is 3.70.